The molecule has 2 aromatic rings. The fraction of sp³-hybridized carbons (Fsp3) is 0.648. The van der Waals surface area contributed by atoms with E-state index in [-0.39, 0.29) is 38.3 Å². The van der Waals surface area contributed by atoms with E-state index in [1.807, 2.05) is 65.8 Å². The monoisotopic (exact) mass is 1030 g/mol. The summed E-state index contributed by atoms with van der Waals surface area (Å²) >= 11 is 0. The Bertz CT molecular complexity index is 2080. The zero-order chi connectivity index (χ0) is 55.4. The summed E-state index contributed by atoms with van der Waals surface area (Å²) in [4.78, 5) is 86.5. The molecule has 0 radical (unpaired) electrons. The molecule has 410 valence electrons. The average Bonchev–Trinajstić information content (AvgIpc) is 3.21. The Morgan fingerprint density at radius 3 is 1.47 bits per heavy atom. The lowest BCUT2D eigenvalue weighted by molar-refractivity contribution is -0.151. The molecule has 19 heteroatoms. The third kappa shape index (κ3) is 27.6. The number of guanidine groups is 1. The van der Waals surface area contributed by atoms with Gasteiger partial charge in [0.2, 0.25) is 11.9 Å². The van der Waals surface area contributed by atoms with E-state index in [0.717, 1.165) is 5.56 Å². The lowest BCUT2D eigenvalue weighted by Gasteiger charge is -2.33. The van der Waals surface area contributed by atoms with Crippen molar-refractivity contribution in [3.05, 3.63) is 59.7 Å². The molecule has 7 N–H and O–H groups in total. The maximum Gasteiger partial charge on any atom is 0.417 e. The number of aliphatic carboxylic acids is 1. The molecule has 0 fully saturated rings. The van der Waals surface area contributed by atoms with E-state index in [1.54, 1.807) is 86.6 Å². The number of imide groups is 1. The number of rotatable bonds is 23. The molecule has 0 bridgehead atoms. The minimum atomic E-state index is -1.61. The van der Waals surface area contributed by atoms with Gasteiger partial charge in [0.05, 0.1) is 6.04 Å². The summed E-state index contributed by atoms with van der Waals surface area (Å²) in [5.74, 6) is -1.81. The summed E-state index contributed by atoms with van der Waals surface area (Å²) in [5.41, 5.74) is 3.55. The van der Waals surface area contributed by atoms with Crippen LogP contribution >= 0.6 is 0 Å². The van der Waals surface area contributed by atoms with Gasteiger partial charge in [0.15, 0.2) is 0 Å². The van der Waals surface area contributed by atoms with Crippen molar-refractivity contribution in [2.24, 2.45) is 10.7 Å². The largest absolute Gasteiger partial charge is 0.488 e. The van der Waals surface area contributed by atoms with Crippen molar-refractivity contribution >= 4 is 42.0 Å². The predicted molar refractivity (Wildman–Crippen MR) is 282 cm³/mol. The van der Waals surface area contributed by atoms with Gasteiger partial charge in [-0.25, -0.2) is 24.1 Å². The summed E-state index contributed by atoms with van der Waals surface area (Å²) in [5, 5.41) is 21.7. The first-order valence-electron chi connectivity index (χ1n) is 25.3. The number of aliphatic imine (C=N–C) groups is 1. The number of nitrogens with two attached hydrogens (primary N) is 1. The van der Waals surface area contributed by atoms with Crippen LogP contribution in [0.25, 0.3) is 0 Å². The first-order chi connectivity index (χ1) is 33.6. The summed E-state index contributed by atoms with van der Waals surface area (Å²) in [6.07, 6.45) is 0.667. The Hall–Kier alpha value is -5.95. The van der Waals surface area contributed by atoms with Crippen molar-refractivity contribution in [2.45, 2.75) is 208 Å². The molecule has 2 rings (SSSR count). The van der Waals surface area contributed by atoms with E-state index in [4.69, 9.17) is 29.4 Å². The van der Waals surface area contributed by atoms with Gasteiger partial charge in [-0.05, 0) is 191 Å². The Labute approximate surface area is 433 Å². The van der Waals surface area contributed by atoms with Crippen molar-refractivity contribution in [2.75, 3.05) is 19.6 Å². The lowest BCUT2D eigenvalue weighted by atomic mass is 10.0. The number of nitrogens with one attached hydrogen (secondary N) is 4. The summed E-state index contributed by atoms with van der Waals surface area (Å²) in [6, 6.07) is 10.4. The van der Waals surface area contributed by atoms with Crippen molar-refractivity contribution in [1.82, 2.24) is 26.2 Å². The predicted octanol–water partition coefficient (Wildman–Crippen LogP) is 8.58. The third-order valence-corrected chi connectivity index (χ3v) is 9.85. The van der Waals surface area contributed by atoms with Crippen molar-refractivity contribution in [3.63, 3.8) is 0 Å². The van der Waals surface area contributed by atoms with Crippen LogP contribution in [-0.2, 0) is 41.4 Å². The second-order valence-electron chi connectivity index (χ2n) is 22.9. The fourth-order valence-corrected chi connectivity index (χ4v) is 6.96. The van der Waals surface area contributed by atoms with E-state index < -0.39 is 82.2 Å². The number of carbonyl (C=O) groups excluding carboxylic acids is 5. The maximum absolute atomic E-state index is 14.9. The number of alkyl carbamates (subject to hydrolysis) is 2. The smallest absolute Gasteiger partial charge is 0.417 e. The highest BCUT2D eigenvalue weighted by atomic mass is 16.6. The number of benzene rings is 2. The molecule has 0 heterocycles. The van der Waals surface area contributed by atoms with Gasteiger partial charge in [0.1, 0.15) is 51.6 Å². The Morgan fingerprint density at radius 2 is 1.04 bits per heavy atom. The van der Waals surface area contributed by atoms with Crippen LogP contribution in [0.2, 0.25) is 0 Å². The molecule has 0 unspecified atom stereocenters. The van der Waals surface area contributed by atoms with Gasteiger partial charge in [-0.2, -0.15) is 0 Å². The van der Waals surface area contributed by atoms with Crippen molar-refractivity contribution in [1.29, 1.82) is 0 Å². The van der Waals surface area contributed by atoms with E-state index in [9.17, 15) is 33.9 Å². The molecule has 0 aliphatic carbocycles. The maximum atomic E-state index is 14.9. The molecule has 0 spiro atoms. The SMILES string of the molecule is CC(C)(C)OC(=O)NC(=NCCCCCCN[C@@H](Cc1ccc(OC(C)(C)C)cc1)C(=O)N[C@@H](Cc1ccc(OC(C)(C)C)cc1)C(=O)N(C(=O)OC(C)(C)C)[C@@H](CCCCN)C(=O)O)NC(=O)OC(C)(C)C. The van der Waals surface area contributed by atoms with E-state index in [1.165, 1.54) is 0 Å². The van der Waals surface area contributed by atoms with Crippen molar-refractivity contribution in [3.8, 4) is 11.5 Å². The molecule has 0 saturated heterocycles. The van der Waals surface area contributed by atoms with E-state index in [0.29, 0.717) is 67.0 Å². The quantitative estimate of drug-likeness (QED) is 0.0264. The number of nitrogens with zero attached hydrogens (tertiary/aromatic N) is 2. The van der Waals surface area contributed by atoms with Gasteiger partial charge in [-0.1, -0.05) is 37.1 Å². The van der Waals surface area contributed by atoms with Gasteiger partial charge >= 0.3 is 24.2 Å². The molecule has 73 heavy (non-hydrogen) atoms. The number of hydrogen-bond acceptors (Lipinski definition) is 14. The third-order valence-electron chi connectivity index (χ3n) is 9.85. The molecule has 0 aromatic heterocycles. The van der Waals surface area contributed by atoms with Crippen molar-refractivity contribution < 1.29 is 57.6 Å². The van der Waals surface area contributed by atoms with E-state index in [2.05, 4.69) is 26.3 Å². The zero-order valence-corrected chi connectivity index (χ0v) is 46.2. The molecule has 3 atom stereocenters. The first-order valence-corrected chi connectivity index (χ1v) is 25.3. The normalized spacial score (nSPS) is 13.3. The molecular weight excluding hydrogens is 939 g/mol. The second-order valence-corrected chi connectivity index (χ2v) is 22.9. The van der Waals surface area contributed by atoms with Crippen LogP contribution in [0.1, 0.15) is 160 Å². The molecule has 5 amide bonds. The van der Waals surface area contributed by atoms with Crippen LogP contribution in [0, 0.1) is 0 Å². The zero-order valence-electron chi connectivity index (χ0n) is 46.2. The molecule has 0 aliphatic heterocycles. The number of carbonyl (C=O) groups is 6. The number of ether oxygens (including phenoxy) is 5. The average molecular weight is 1030 g/mol. The molecule has 0 saturated carbocycles. The number of carboxylic acids is 1. The lowest BCUT2D eigenvalue weighted by Crippen LogP contribution is -2.59. The van der Waals surface area contributed by atoms with Crippen LogP contribution in [-0.4, -0.2) is 118 Å². The first kappa shape index (κ1) is 63.2. The summed E-state index contributed by atoms with van der Waals surface area (Å²) in [7, 11) is 0. The highest BCUT2D eigenvalue weighted by Crippen LogP contribution is 2.23. The fourth-order valence-electron chi connectivity index (χ4n) is 6.96. The summed E-state index contributed by atoms with van der Waals surface area (Å²) in [6.45, 7) is 27.6. The molecule has 2 aromatic carbocycles. The number of hydrogen-bond donors (Lipinski definition) is 6. The van der Waals surface area contributed by atoms with Gasteiger partial charge < -0.3 is 45.2 Å². The number of amides is 5. The van der Waals surface area contributed by atoms with Gasteiger partial charge in [-0.15, -0.1) is 0 Å². The molecule has 0 aliphatic rings. The van der Waals surface area contributed by atoms with Crippen LogP contribution in [0.5, 0.6) is 11.5 Å². The highest BCUT2D eigenvalue weighted by Gasteiger charge is 2.41. The highest BCUT2D eigenvalue weighted by molar-refractivity contribution is 6.02. The minimum Gasteiger partial charge on any atom is -0.488 e. The Kier molecular flexibility index (Phi) is 24.7. The second kappa shape index (κ2) is 28.5. The van der Waals surface area contributed by atoms with Crippen LogP contribution in [0.3, 0.4) is 0 Å². The standard InChI is InChI=1S/C54H87N7O12/c1-50(2,3)69-38-27-23-36(24-28-38)34-40(56-32-20-16-17-21-33-57-46(59-47(66)71-52(7,8)9)60-48(67)72-53(10,11)12)43(62)58-41(35-37-25-29-39(30-26-37)70-51(4,5)6)44(63)61(49(68)73-54(13,14)15)42(45(64)65)22-18-19-31-55/h23-30,40-42,56H,16-22,31-35,55H2,1-15H3,(H,58,62)(H,64,65)(H2,57,59,60,66,67)/t40-,41-,42-/m0/s1. The van der Waals surface area contributed by atoms with Crippen LogP contribution in [0.4, 0.5) is 14.4 Å². The van der Waals surface area contributed by atoms with Crippen LogP contribution in [0.15, 0.2) is 53.5 Å². The topological polar surface area (TPSA) is 259 Å². The number of unbranched alkanes of at least 4 members (excludes halogenated alkanes) is 4. The van der Waals surface area contributed by atoms with Gasteiger partial charge in [0, 0.05) is 13.0 Å². The Morgan fingerprint density at radius 1 is 0.589 bits per heavy atom. The molecular formula is C54H87N7O12. The van der Waals surface area contributed by atoms with Crippen LogP contribution < -0.4 is 36.5 Å². The van der Waals surface area contributed by atoms with Gasteiger partial charge in [0.25, 0.3) is 5.91 Å². The Balaban J connectivity index is 2.48. The molecule has 19 nitrogen and oxygen atoms in total. The minimum absolute atomic E-state index is 0.0877. The number of carboxylic acid groups (broad SMARTS) is 1. The summed E-state index contributed by atoms with van der Waals surface area (Å²) < 4.78 is 28.3. The van der Waals surface area contributed by atoms with E-state index >= 15 is 0 Å². The van der Waals surface area contributed by atoms with Gasteiger partial charge in [-0.3, -0.25) is 25.2 Å².